The molecule has 1 atom stereocenters. The van der Waals surface area contributed by atoms with Crippen LogP contribution in [0.25, 0.3) is 0 Å². The first-order valence-corrected chi connectivity index (χ1v) is 3.19. The van der Waals surface area contributed by atoms with Gasteiger partial charge in [-0.25, -0.2) is 4.89 Å². The van der Waals surface area contributed by atoms with E-state index in [-0.39, 0.29) is 6.10 Å². The Labute approximate surface area is 55.5 Å². The van der Waals surface area contributed by atoms with E-state index in [1.165, 1.54) is 0 Å². The molecule has 0 aliphatic carbocycles. The van der Waals surface area contributed by atoms with Crippen LogP contribution in [0.4, 0.5) is 0 Å². The first kappa shape index (κ1) is 8.88. The maximum atomic E-state index is 8.05. The third-order valence-corrected chi connectivity index (χ3v) is 0.881. The third-order valence-electron chi connectivity index (χ3n) is 0.881. The maximum Gasteiger partial charge on any atom is 0.113 e. The van der Waals surface area contributed by atoms with Gasteiger partial charge in [-0.05, 0) is 13.3 Å². The standard InChI is InChI=1S/C6H14O3/c1-3-4-8-5-6(2)9-7/h6-7H,3-5H2,1-2H3. The van der Waals surface area contributed by atoms with Crippen LogP contribution in [0.5, 0.6) is 0 Å². The van der Waals surface area contributed by atoms with Gasteiger partial charge in [-0.15, -0.1) is 0 Å². The SMILES string of the molecule is CCCOCC(C)OO. The number of hydrogen-bond acceptors (Lipinski definition) is 3. The lowest BCUT2D eigenvalue weighted by atomic mass is 10.4. The van der Waals surface area contributed by atoms with E-state index in [9.17, 15) is 0 Å². The number of hydrogen-bond donors (Lipinski definition) is 1. The van der Waals surface area contributed by atoms with Crippen molar-refractivity contribution in [2.24, 2.45) is 0 Å². The Bertz CT molecular complexity index is 56.3. The Balaban J connectivity index is 2.88. The van der Waals surface area contributed by atoms with Crippen molar-refractivity contribution in [1.29, 1.82) is 0 Å². The molecule has 1 N–H and O–H groups in total. The quantitative estimate of drug-likeness (QED) is 0.350. The molecule has 0 amide bonds. The highest BCUT2D eigenvalue weighted by molar-refractivity contribution is 4.41. The summed E-state index contributed by atoms with van der Waals surface area (Å²) in [6.45, 7) is 4.97. The third kappa shape index (κ3) is 5.76. The van der Waals surface area contributed by atoms with Crippen molar-refractivity contribution in [3.8, 4) is 0 Å². The molecule has 3 nitrogen and oxygen atoms in total. The minimum atomic E-state index is -0.212. The van der Waals surface area contributed by atoms with Crippen molar-refractivity contribution in [1.82, 2.24) is 0 Å². The summed E-state index contributed by atoms with van der Waals surface area (Å²) in [6.07, 6.45) is 0.787. The lowest BCUT2D eigenvalue weighted by Crippen LogP contribution is -2.14. The molecule has 0 aliphatic heterocycles. The van der Waals surface area contributed by atoms with E-state index in [2.05, 4.69) is 4.89 Å². The molecule has 0 rings (SSSR count). The molecule has 0 spiro atoms. The summed E-state index contributed by atoms with van der Waals surface area (Å²) < 4.78 is 5.05. The highest BCUT2D eigenvalue weighted by atomic mass is 17.1. The molecule has 56 valence electrons. The van der Waals surface area contributed by atoms with E-state index in [0.717, 1.165) is 13.0 Å². The molecule has 0 saturated heterocycles. The highest BCUT2D eigenvalue weighted by Gasteiger charge is 1.98. The molecule has 0 bridgehead atoms. The van der Waals surface area contributed by atoms with Gasteiger partial charge in [0.2, 0.25) is 0 Å². The largest absolute Gasteiger partial charge is 0.379 e. The predicted octanol–water partition coefficient (Wildman–Crippen LogP) is 1.29. The van der Waals surface area contributed by atoms with E-state index in [4.69, 9.17) is 9.99 Å². The van der Waals surface area contributed by atoms with Crippen LogP contribution in [0.15, 0.2) is 0 Å². The molecule has 0 saturated carbocycles. The van der Waals surface area contributed by atoms with Crippen molar-refractivity contribution in [3.63, 3.8) is 0 Å². The molecule has 0 aromatic carbocycles. The van der Waals surface area contributed by atoms with Crippen LogP contribution in [-0.4, -0.2) is 24.6 Å². The predicted molar refractivity (Wildman–Crippen MR) is 34.3 cm³/mol. The Morgan fingerprint density at radius 2 is 2.22 bits per heavy atom. The van der Waals surface area contributed by atoms with Gasteiger partial charge in [-0.1, -0.05) is 6.92 Å². The molecular formula is C6H14O3. The van der Waals surface area contributed by atoms with E-state index < -0.39 is 0 Å². The van der Waals surface area contributed by atoms with Crippen LogP contribution < -0.4 is 0 Å². The van der Waals surface area contributed by atoms with Gasteiger partial charge < -0.3 is 4.74 Å². The average molecular weight is 134 g/mol. The Morgan fingerprint density at radius 3 is 2.67 bits per heavy atom. The average Bonchev–Trinajstić information content (AvgIpc) is 1.89. The summed E-state index contributed by atoms with van der Waals surface area (Å²) in [6, 6.07) is 0. The second-order valence-corrected chi connectivity index (χ2v) is 1.99. The molecule has 3 heteroatoms. The smallest absolute Gasteiger partial charge is 0.113 e. The zero-order chi connectivity index (χ0) is 7.11. The molecule has 0 aliphatic rings. The highest BCUT2D eigenvalue weighted by Crippen LogP contribution is 1.88. The van der Waals surface area contributed by atoms with Crippen LogP contribution in [0, 0.1) is 0 Å². The first-order chi connectivity index (χ1) is 4.31. The summed E-state index contributed by atoms with van der Waals surface area (Å²) in [7, 11) is 0. The van der Waals surface area contributed by atoms with Gasteiger partial charge in [0.25, 0.3) is 0 Å². The van der Waals surface area contributed by atoms with Crippen molar-refractivity contribution >= 4 is 0 Å². The molecular weight excluding hydrogens is 120 g/mol. The monoisotopic (exact) mass is 134 g/mol. The van der Waals surface area contributed by atoms with Gasteiger partial charge in [0, 0.05) is 6.61 Å². The fraction of sp³-hybridized carbons (Fsp3) is 1.00. The lowest BCUT2D eigenvalue weighted by molar-refractivity contribution is -0.282. The van der Waals surface area contributed by atoms with E-state index >= 15 is 0 Å². The van der Waals surface area contributed by atoms with Crippen LogP contribution in [0.2, 0.25) is 0 Å². The second kappa shape index (κ2) is 6.01. The molecule has 0 aromatic rings. The Kier molecular flexibility index (Phi) is 5.93. The zero-order valence-electron chi connectivity index (χ0n) is 5.96. The Morgan fingerprint density at radius 1 is 1.56 bits per heavy atom. The lowest BCUT2D eigenvalue weighted by Gasteiger charge is -2.06. The van der Waals surface area contributed by atoms with Crippen LogP contribution >= 0.6 is 0 Å². The minimum Gasteiger partial charge on any atom is -0.379 e. The van der Waals surface area contributed by atoms with Gasteiger partial charge in [-0.2, -0.15) is 0 Å². The van der Waals surface area contributed by atoms with Gasteiger partial charge >= 0.3 is 0 Å². The molecule has 0 aromatic heterocycles. The van der Waals surface area contributed by atoms with Gasteiger partial charge in [0.15, 0.2) is 0 Å². The fourth-order valence-corrected chi connectivity index (χ4v) is 0.424. The van der Waals surface area contributed by atoms with Crippen LogP contribution in [0.3, 0.4) is 0 Å². The molecule has 0 radical (unpaired) electrons. The number of rotatable bonds is 5. The number of ether oxygens (including phenoxy) is 1. The molecule has 1 unspecified atom stereocenters. The fourth-order valence-electron chi connectivity index (χ4n) is 0.424. The second-order valence-electron chi connectivity index (χ2n) is 1.99. The van der Waals surface area contributed by atoms with Crippen molar-refractivity contribution in [2.45, 2.75) is 26.4 Å². The van der Waals surface area contributed by atoms with Gasteiger partial charge in [0.1, 0.15) is 6.10 Å². The summed E-state index contributed by atoms with van der Waals surface area (Å²) in [4.78, 5) is 3.97. The summed E-state index contributed by atoms with van der Waals surface area (Å²) in [5, 5.41) is 8.05. The van der Waals surface area contributed by atoms with Gasteiger partial charge in [-0.3, -0.25) is 5.26 Å². The Hall–Kier alpha value is -0.120. The van der Waals surface area contributed by atoms with E-state index in [1.54, 1.807) is 6.92 Å². The topological polar surface area (TPSA) is 38.7 Å². The first-order valence-electron chi connectivity index (χ1n) is 3.19. The summed E-state index contributed by atoms with van der Waals surface area (Å²) >= 11 is 0. The van der Waals surface area contributed by atoms with Crippen molar-refractivity contribution in [3.05, 3.63) is 0 Å². The van der Waals surface area contributed by atoms with E-state index in [0.29, 0.717) is 6.61 Å². The summed E-state index contributed by atoms with van der Waals surface area (Å²) in [5.41, 5.74) is 0. The molecule has 9 heavy (non-hydrogen) atoms. The van der Waals surface area contributed by atoms with Crippen molar-refractivity contribution in [2.75, 3.05) is 13.2 Å². The van der Waals surface area contributed by atoms with Crippen molar-refractivity contribution < 1.29 is 14.9 Å². The minimum absolute atomic E-state index is 0.212. The summed E-state index contributed by atoms with van der Waals surface area (Å²) in [5.74, 6) is 0. The van der Waals surface area contributed by atoms with Crippen LogP contribution in [0.1, 0.15) is 20.3 Å². The maximum absolute atomic E-state index is 8.05. The normalized spacial score (nSPS) is 13.7. The molecule has 0 heterocycles. The van der Waals surface area contributed by atoms with Gasteiger partial charge in [0.05, 0.1) is 6.61 Å². The molecule has 0 fully saturated rings. The zero-order valence-corrected chi connectivity index (χ0v) is 5.96. The van der Waals surface area contributed by atoms with E-state index in [1.807, 2.05) is 6.92 Å². The van der Waals surface area contributed by atoms with Crippen LogP contribution in [-0.2, 0) is 9.62 Å².